The topological polar surface area (TPSA) is 93.5 Å². The molecule has 0 saturated carbocycles. The number of benzene rings is 2. The Morgan fingerprint density at radius 2 is 1.83 bits per heavy atom. The molecule has 2 aromatic carbocycles. The van der Waals surface area contributed by atoms with Gasteiger partial charge < -0.3 is 15.4 Å². The van der Waals surface area contributed by atoms with Gasteiger partial charge in [0.1, 0.15) is 5.75 Å². The molecular weight excluding hydrogens is 298 g/mol. The number of amides is 2. The Hall–Kier alpha value is -3.09. The molecule has 0 saturated heterocycles. The van der Waals surface area contributed by atoms with Crippen LogP contribution in [0.4, 0.5) is 16.2 Å². The van der Waals surface area contributed by atoms with Gasteiger partial charge in [-0.25, -0.2) is 4.79 Å². The van der Waals surface area contributed by atoms with Gasteiger partial charge in [0.25, 0.3) is 5.69 Å². The number of urea groups is 1. The van der Waals surface area contributed by atoms with Crippen LogP contribution < -0.4 is 15.4 Å². The van der Waals surface area contributed by atoms with Crippen molar-refractivity contribution in [3.63, 3.8) is 0 Å². The monoisotopic (exact) mass is 315 g/mol. The van der Waals surface area contributed by atoms with Gasteiger partial charge in [-0.1, -0.05) is 6.07 Å². The maximum absolute atomic E-state index is 11.7. The van der Waals surface area contributed by atoms with Gasteiger partial charge in [0.15, 0.2) is 6.73 Å². The highest BCUT2D eigenvalue weighted by molar-refractivity contribution is 5.89. The first kappa shape index (κ1) is 16.3. The van der Waals surface area contributed by atoms with Gasteiger partial charge in [0, 0.05) is 17.8 Å². The van der Waals surface area contributed by atoms with Crippen LogP contribution in [0.5, 0.6) is 5.75 Å². The quantitative estimate of drug-likeness (QED) is 0.502. The second kappa shape index (κ2) is 7.26. The van der Waals surface area contributed by atoms with Crippen LogP contribution in [0, 0.1) is 24.0 Å². The number of nitrogens with zero attached hydrogens (tertiary/aromatic N) is 1. The number of nitro benzene ring substituents is 1. The van der Waals surface area contributed by atoms with Crippen molar-refractivity contribution in [3.05, 3.63) is 63.7 Å². The summed E-state index contributed by atoms with van der Waals surface area (Å²) >= 11 is 0. The molecule has 0 atom stereocenters. The predicted molar refractivity (Wildman–Crippen MR) is 86.7 cm³/mol. The van der Waals surface area contributed by atoms with E-state index in [1.165, 1.54) is 29.8 Å². The molecule has 2 rings (SSSR count). The molecule has 0 unspecified atom stereocenters. The minimum absolute atomic E-state index is 0.0152. The second-order valence-electron chi connectivity index (χ2n) is 4.97. The lowest BCUT2D eigenvalue weighted by Crippen LogP contribution is -2.32. The smallest absolute Gasteiger partial charge is 0.321 e. The number of non-ortho nitro benzene ring substituents is 1. The highest BCUT2D eigenvalue weighted by atomic mass is 16.6. The molecule has 2 N–H and O–H groups in total. The van der Waals surface area contributed by atoms with E-state index in [0.717, 1.165) is 5.56 Å². The van der Waals surface area contributed by atoms with Crippen LogP contribution in [-0.2, 0) is 0 Å². The summed E-state index contributed by atoms with van der Waals surface area (Å²) in [5.74, 6) is 0.670. The first-order chi connectivity index (χ1) is 11.0. The molecule has 0 aliphatic heterocycles. The number of hydrogen-bond donors (Lipinski definition) is 2. The first-order valence-corrected chi connectivity index (χ1v) is 6.95. The van der Waals surface area contributed by atoms with Crippen molar-refractivity contribution in [2.45, 2.75) is 13.8 Å². The molecule has 2 amide bonds. The lowest BCUT2D eigenvalue weighted by atomic mass is 10.1. The summed E-state index contributed by atoms with van der Waals surface area (Å²) in [7, 11) is 0. The minimum atomic E-state index is -0.499. The first-order valence-electron chi connectivity index (χ1n) is 6.95. The number of hydrogen-bond acceptors (Lipinski definition) is 4. The largest absolute Gasteiger partial charge is 0.473 e. The zero-order valence-electron chi connectivity index (χ0n) is 12.8. The molecule has 7 nitrogen and oxygen atoms in total. The fraction of sp³-hybridized carbons (Fsp3) is 0.188. The van der Waals surface area contributed by atoms with Crippen molar-refractivity contribution >= 4 is 17.4 Å². The lowest BCUT2D eigenvalue weighted by molar-refractivity contribution is -0.384. The molecule has 0 aliphatic rings. The van der Waals surface area contributed by atoms with E-state index < -0.39 is 11.0 Å². The van der Waals surface area contributed by atoms with Crippen LogP contribution in [0.15, 0.2) is 42.5 Å². The van der Waals surface area contributed by atoms with Crippen molar-refractivity contribution in [1.82, 2.24) is 5.32 Å². The number of rotatable bonds is 5. The molecule has 0 heterocycles. The molecule has 23 heavy (non-hydrogen) atoms. The number of anilines is 1. The number of carbonyl (C=O) groups is 1. The van der Waals surface area contributed by atoms with Crippen LogP contribution in [0.25, 0.3) is 0 Å². The minimum Gasteiger partial charge on any atom is -0.473 e. The summed E-state index contributed by atoms with van der Waals surface area (Å²) in [4.78, 5) is 21.8. The molecule has 2 aromatic rings. The van der Waals surface area contributed by atoms with Gasteiger partial charge in [-0.3, -0.25) is 10.1 Å². The molecule has 120 valence electrons. The van der Waals surface area contributed by atoms with E-state index in [4.69, 9.17) is 4.74 Å². The number of carbonyl (C=O) groups excluding carboxylic acids is 1. The third kappa shape index (κ3) is 4.70. The highest BCUT2D eigenvalue weighted by Gasteiger charge is 2.06. The Labute approximate surface area is 133 Å². The Bertz CT molecular complexity index is 714. The number of nitro groups is 1. The van der Waals surface area contributed by atoms with Crippen molar-refractivity contribution in [1.29, 1.82) is 0 Å². The Kier molecular flexibility index (Phi) is 5.14. The summed E-state index contributed by atoms with van der Waals surface area (Å²) in [5.41, 5.74) is 2.70. The van der Waals surface area contributed by atoms with Gasteiger partial charge in [-0.2, -0.15) is 0 Å². The van der Waals surface area contributed by atoms with Crippen molar-refractivity contribution < 1.29 is 14.5 Å². The number of aryl methyl sites for hydroxylation is 2. The van der Waals surface area contributed by atoms with Crippen LogP contribution in [0.3, 0.4) is 0 Å². The van der Waals surface area contributed by atoms with E-state index in [1.54, 1.807) is 0 Å². The summed E-state index contributed by atoms with van der Waals surface area (Å²) < 4.78 is 5.44. The standard InChI is InChI=1S/C16H17N3O4/c1-11-3-8-15(9-12(11)2)23-10-17-16(20)18-13-4-6-14(7-5-13)19(21)22/h3-9H,10H2,1-2H3,(H2,17,18,20). The van der Waals surface area contributed by atoms with E-state index in [0.29, 0.717) is 11.4 Å². The van der Waals surface area contributed by atoms with Crippen LogP contribution in [0.1, 0.15) is 11.1 Å². The zero-order chi connectivity index (χ0) is 16.8. The average molecular weight is 315 g/mol. The van der Waals surface area contributed by atoms with E-state index in [2.05, 4.69) is 10.6 Å². The number of nitrogens with one attached hydrogen (secondary N) is 2. The van der Waals surface area contributed by atoms with E-state index >= 15 is 0 Å². The fourth-order valence-corrected chi connectivity index (χ4v) is 1.83. The Morgan fingerprint density at radius 1 is 1.13 bits per heavy atom. The Balaban J connectivity index is 1.80. The molecule has 0 aromatic heterocycles. The highest BCUT2D eigenvalue weighted by Crippen LogP contribution is 2.16. The van der Waals surface area contributed by atoms with Crippen LogP contribution in [0.2, 0.25) is 0 Å². The predicted octanol–water partition coefficient (Wildman–Crippen LogP) is 3.37. The van der Waals surface area contributed by atoms with Gasteiger partial charge in [0.05, 0.1) is 4.92 Å². The van der Waals surface area contributed by atoms with Gasteiger partial charge in [-0.15, -0.1) is 0 Å². The van der Waals surface area contributed by atoms with Gasteiger partial charge in [0.2, 0.25) is 0 Å². The summed E-state index contributed by atoms with van der Waals surface area (Å²) in [5, 5.41) is 15.7. The third-order valence-corrected chi connectivity index (χ3v) is 3.29. The molecule has 0 radical (unpaired) electrons. The van der Waals surface area contributed by atoms with Crippen LogP contribution in [-0.4, -0.2) is 17.7 Å². The maximum Gasteiger partial charge on any atom is 0.321 e. The summed E-state index contributed by atoms with van der Waals surface area (Å²) in [6.45, 7) is 4.01. The zero-order valence-corrected chi connectivity index (χ0v) is 12.8. The molecular formula is C16H17N3O4. The fourth-order valence-electron chi connectivity index (χ4n) is 1.83. The lowest BCUT2D eigenvalue weighted by Gasteiger charge is -2.10. The summed E-state index contributed by atoms with van der Waals surface area (Å²) in [6, 6.07) is 10.8. The maximum atomic E-state index is 11.7. The summed E-state index contributed by atoms with van der Waals surface area (Å²) in [6.07, 6.45) is 0. The average Bonchev–Trinajstić information content (AvgIpc) is 2.51. The molecule has 0 bridgehead atoms. The normalized spacial score (nSPS) is 10.0. The second-order valence-corrected chi connectivity index (χ2v) is 4.97. The molecule has 7 heteroatoms. The van der Waals surface area contributed by atoms with E-state index in [1.807, 2.05) is 32.0 Å². The van der Waals surface area contributed by atoms with Gasteiger partial charge >= 0.3 is 6.03 Å². The molecule has 0 fully saturated rings. The third-order valence-electron chi connectivity index (χ3n) is 3.29. The van der Waals surface area contributed by atoms with Crippen molar-refractivity contribution in [3.8, 4) is 5.75 Å². The number of ether oxygens (including phenoxy) is 1. The van der Waals surface area contributed by atoms with Crippen molar-refractivity contribution in [2.24, 2.45) is 0 Å². The van der Waals surface area contributed by atoms with E-state index in [9.17, 15) is 14.9 Å². The van der Waals surface area contributed by atoms with Gasteiger partial charge in [-0.05, 0) is 49.2 Å². The van der Waals surface area contributed by atoms with Crippen molar-refractivity contribution in [2.75, 3.05) is 12.0 Å². The van der Waals surface area contributed by atoms with Crippen LogP contribution >= 0.6 is 0 Å². The Morgan fingerprint density at radius 3 is 2.43 bits per heavy atom. The SMILES string of the molecule is Cc1ccc(OCNC(=O)Nc2ccc([N+](=O)[O-])cc2)cc1C. The molecule has 0 spiro atoms. The molecule has 0 aliphatic carbocycles. The van der Waals surface area contributed by atoms with E-state index in [-0.39, 0.29) is 12.4 Å².